The van der Waals surface area contributed by atoms with Crippen LogP contribution in [0.15, 0.2) is 54.6 Å². The summed E-state index contributed by atoms with van der Waals surface area (Å²) in [6.07, 6.45) is 0.397. The van der Waals surface area contributed by atoms with Gasteiger partial charge in [0.15, 0.2) is 0 Å². The minimum atomic E-state index is -3.64. The quantitative estimate of drug-likeness (QED) is 0.856. The summed E-state index contributed by atoms with van der Waals surface area (Å²) < 4.78 is 33.3. The van der Waals surface area contributed by atoms with E-state index in [9.17, 15) is 8.42 Å². The van der Waals surface area contributed by atoms with Gasteiger partial charge in [0.25, 0.3) is 10.0 Å². The van der Waals surface area contributed by atoms with Crippen molar-refractivity contribution in [1.82, 2.24) is 5.32 Å². The molecule has 23 heavy (non-hydrogen) atoms. The van der Waals surface area contributed by atoms with E-state index in [1.807, 2.05) is 37.3 Å². The molecule has 0 aliphatic carbocycles. The minimum Gasteiger partial charge on any atom is -0.470 e. The van der Waals surface area contributed by atoms with E-state index >= 15 is 0 Å². The van der Waals surface area contributed by atoms with Crippen molar-refractivity contribution in [3.05, 3.63) is 54.6 Å². The lowest BCUT2D eigenvalue weighted by Crippen LogP contribution is -2.44. The van der Waals surface area contributed by atoms with Crippen molar-refractivity contribution >= 4 is 21.4 Å². The first kappa shape index (κ1) is 15.8. The number of hydrogen-bond acceptors (Lipinski definition) is 4. The van der Waals surface area contributed by atoms with Crippen LogP contribution in [0, 0.1) is 0 Å². The molecule has 122 valence electrons. The molecule has 0 saturated carbocycles. The van der Waals surface area contributed by atoms with E-state index in [0.29, 0.717) is 30.1 Å². The molecule has 2 aromatic carbocycles. The third-order valence-electron chi connectivity index (χ3n) is 3.73. The zero-order chi connectivity index (χ0) is 16.3. The minimum absolute atomic E-state index is 0.397. The lowest BCUT2D eigenvalue weighted by Gasteiger charge is -2.35. The number of hydrogen-bond donors (Lipinski definition) is 1. The van der Waals surface area contributed by atoms with Crippen molar-refractivity contribution in [1.29, 1.82) is 0 Å². The van der Waals surface area contributed by atoms with Crippen LogP contribution in [0.2, 0.25) is 0 Å². The number of fused-ring (bicyclic) bond motifs is 1. The first-order valence-corrected chi connectivity index (χ1v) is 9.20. The summed E-state index contributed by atoms with van der Waals surface area (Å²) in [6.45, 7) is 3.37. The van der Waals surface area contributed by atoms with Gasteiger partial charge in [-0.25, -0.2) is 12.7 Å². The van der Waals surface area contributed by atoms with Gasteiger partial charge in [0.05, 0.1) is 11.4 Å². The molecule has 1 unspecified atom stereocenters. The van der Waals surface area contributed by atoms with Crippen molar-refractivity contribution in [2.45, 2.75) is 18.8 Å². The number of nitrogens with zero attached hydrogens (tertiary/aromatic N) is 1. The van der Waals surface area contributed by atoms with Crippen LogP contribution in [0.25, 0.3) is 0 Å². The maximum Gasteiger partial charge on any atom is 0.278 e. The van der Waals surface area contributed by atoms with E-state index in [0.717, 1.165) is 6.54 Å². The molecular weight excluding hydrogens is 312 g/mol. The van der Waals surface area contributed by atoms with Gasteiger partial charge in [0.1, 0.15) is 5.75 Å². The normalized spacial score (nSPS) is 19.0. The fraction of sp³-hybridized carbons (Fsp3) is 0.294. The highest BCUT2D eigenvalue weighted by Crippen LogP contribution is 2.42. The zero-order valence-electron chi connectivity index (χ0n) is 13.0. The monoisotopic (exact) mass is 332 g/mol. The Bertz CT molecular complexity index is 762. The van der Waals surface area contributed by atoms with E-state index in [4.69, 9.17) is 4.74 Å². The molecule has 2 aromatic rings. The number of ether oxygens (including phenoxy) is 1. The molecule has 1 atom stereocenters. The van der Waals surface area contributed by atoms with Crippen LogP contribution >= 0.6 is 0 Å². The lowest BCUT2D eigenvalue weighted by molar-refractivity contribution is 0.257. The van der Waals surface area contributed by atoms with Crippen LogP contribution in [-0.2, 0) is 10.0 Å². The molecular formula is C17H20N2O3S. The van der Waals surface area contributed by atoms with Crippen LogP contribution in [0.3, 0.4) is 0 Å². The Morgan fingerprint density at radius 3 is 2.52 bits per heavy atom. The molecule has 0 amide bonds. The molecule has 5 nitrogen and oxygen atoms in total. The highest BCUT2D eigenvalue weighted by Gasteiger charge is 2.40. The van der Waals surface area contributed by atoms with Crippen molar-refractivity contribution < 1.29 is 13.2 Å². The standard InChI is InChI=1S/C17H20N2O3S/c1-2-18-13-12-17-22-16-11-7-6-10-15(16)19(23(17,20)21)14-8-4-3-5-9-14/h3-11,17-18H,2,12-13H2,1H3. The Morgan fingerprint density at radius 2 is 1.78 bits per heavy atom. The molecule has 1 aliphatic heterocycles. The number of nitrogens with one attached hydrogen (secondary N) is 1. The molecule has 0 radical (unpaired) electrons. The molecule has 1 heterocycles. The maximum atomic E-state index is 13.0. The van der Waals surface area contributed by atoms with Crippen LogP contribution in [0.4, 0.5) is 11.4 Å². The van der Waals surface area contributed by atoms with E-state index in [1.54, 1.807) is 24.3 Å². The Kier molecular flexibility index (Phi) is 4.54. The summed E-state index contributed by atoms with van der Waals surface area (Å²) in [5.41, 5.74) is 0.284. The Balaban J connectivity index is 2.04. The van der Waals surface area contributed by atoms with Gasteiger partial charge in [-0.1, -0.05) is 37.3 Å². The van der Waals surface area contributed by atoms with Gasteiger partial charge in [0.2, 0.25) is 5.44 Å². The molecule has 1 N–H and O–H groups in total. The topological polar surface area (TPSA) is 58.6 Å². The van der Waals surface area contributed by atoms with Gasteiger partial charge in [-0.15, -0.1) is 0 Å². The second-order valence-corrected chi connectivity index (χ2v) is 7.22. The third kappa shape index (κ3) is 3.04. The number of benzene rings is 2. The molecule has 0 saturated heterocycles. The van der Waals surface area contributed by atoms with Gasteiger partial charge in [-0.3, -0.25) is 0 Å². The summed E-state index contributed by atoms with van der Waals surface area (Å²) in [7, 11) is -3.64. The average molecular weight is 332 g/mol. The van der Waals surface area contributed by atoms with Crippen molar-refractivity contribution in [3.8, 4) is 5.75 Å². The first-order chi connectivity index (χ1) is 11.1. The molecule has 0 spiro atoms. The number of sulfonamides is 1. The molecule has 3 rings (SSSR count). The predicted octanol–water partition coefficient (Wildman–Crippen LogP) is 2.87. The van der Waals surface area contributed by atoms with Crippen LogP contribution in [0.1, 0.15) is 13.3 Å². The SMILES string of the molecule is CCNCCC1Oc2ccccc2N(c2ccccc2)S1(=O)=O. The lowest BCUT2D eigenvalue weighted by atomic mass is 10.2. The molecule has 1 aliphatic rings. The smallest absolute Gasteiger partial charge is 0.278 e. The van der Waals surface area contributed by atoms with Crippen LogP contribution < -0.4 is 14.4 Å². The second-order valence-electron chi connectivity index (χ2n) is 5.30. The molecule has 0 aromatic heterocycles. The third-order valence-corrected chi connectivity index (χ3v) is 5.64. The van der Waals surface area contributed by atoms with Crippen LogP contribution in [-0.4, -0.2) is 26.9 Å². The maximum absolute atomic E-state index is 13.0. The van der Waals surface area contributed by atoms with E-state index in [1.165, 1.54) is 4.31 Å². The fourth-order valence-corrected chi connectivity index (χ4v) is 4.35. The number of rotatable bonds is 5. The Hall–Kier alpha value is -2.05. The Morgan fingerprint density at radius 1 is 1.09 bits per heavy atom. The summed E-state index contributed by atoms with van der Waals surface area (Å²) >= 11 is 0. The highest BCUT2D eigenvalue weighted by molar-refractivity contribution is 7.93. The van der Waals surface area contributed by atoms with Crippen molar-refractivity contribution in [3.63, 3.8) is 0 Å². The largest absolute Gasteiger partial charge is 0.470 e. The highest BCUT2D eigenvalue weighted by atomic mass is 32.2. The van der Waals surface area contributed by atoms with Gasteiger partial charge in [-0.05, 0) is 37.4 Å². The number of anilines is 2. The van der Waals surface area contributed by atoms with Crippen molar-refractivity contribution in [2.75, 3.05) is 17.4 Å². The van der Waals surface area contributed by atoms with Gasteiger partial charge < -0.3 is 10.1 Å². The van der Waals surface area contributed by atoms with Gasteiger partial charge in [-0.2, -0.15) is 0 Å². The number of para-hydroxylation sites is 3. The summed E-state index contributed by atoms with van der Waals surface area (Å²) in [6, 6.07) is 16.3. The van der Waals surface area contributed by atoms with E-state index < -0.39 is 15.5 Å². The summed E-state index contributed by atoms with van der Waals surface area (Å²) in [5, 5.41) is 3.15. The molecule has 6 heteroatoms. The zero-order valence-corrected chi connectivity index (χ0v) is 13.8. The van der Waals surface area contributed by atoms with E-state index in [-0.39, 0.29) is 0 Å². The second kappa shape index (κ2) is 6.60. The van der Waals surface area contributed by atoms with Gasteiger partial charge in [0, 0.05) is 6.42 Å². The summed E-state index contributed by atoms with van der Waals surface area (Å²) in [4.78, 5) is 0. The Labute approximate surface area is 136 Å². The van der Waals surface area contributed by atoms with E-state index in [2.05, 4.69) is 5.32 Å². The average Bonchev–Trinajstić information content (AvgIpc) is 2.56. The summed E-state index contributed by atoms with van der Waals surface area (Å²) in [5.74, 6) is 0.590. The van der Waals surface area contributed by atoms with Gasteiger partial charge >= 0.3 is 0 Å². The predicted molar refractivity (Wildman–Crippen MR) is 91.5 cm³/mol. The molecule has 0 fully saturated rings. The fourth-order valence-electron chi connectivity index (χ4n) is 2.64. The van der Waals surface area contributed by atoms with Crippen molar-refractivity contribution in [2.24, 2.45) is 0 Å². The molecule has 0 bridgehead atoms. The first-order valence-electron chi connectivity index (χ1n) is 7.70. The van der Waals surface area contributed by atoms with Crippen LogP contribution in [0.5, 0.6) is 5.75 Å².